The minimum atomic E-state index is -3.54. The van der Waals surface area contributed by atoms with E-state index in [4.69, 9.17) is 4.42 Å². The summed E-state index contributed by atoms with van der Waals surface area (Å²) in [5, 5.41) is 3.35. The van der Waals surface area contributed by atoms with Gasteiger partial charge in [0, 0.05) is 38.8 Å². The van der Waals surface area contributed by atoms with Gasteiger partial charge in [0.15, 0.2) is 0 Å². The standard InChI is InChI=1S/C19H24FN3O3S/c20-16-5-3-4-15(12-16)18-13-21-8-11-22(18)14-17-6-7-19(26-17)27(24,25)23-9-1-2-10-23/h3-7,12,18,21H,1-2,8-11,13-14H2. The summed E-state index contributed by atoms with van der Waals surface area (Å²) in [6.07, 6.45) is 1.78. The van der Waals surface area contributed by atoms with Crippen molar-refractivity contribution < 1.29 is 17.2 Å². The molecule has 2 saturated heterocycles. The molecule has 1 aromatic carbocycles. The molecule has 0 bridgehead atoms. The second kappa shape index (κ2) is 7.71. The summed E-state index contributed by atoms with van der Waals surface area (Å²) in [5.41, 5.74) is 0.902. The lowest BCUT2D eigenvalue weighted by atomic mass is 10.0. The van der Waals surface area contributed by atoms with Crippen molar-refractivity contribution >= 4 is 10.0 Å². The van der Waals surface area contributed by atoms with E-state index in [-0.39, 0.29) is 17.0 Å². The van der Waals surface area contributed by atoms with Crippen molar-refractivity contribution in [2.45, 2.75) is 30.5 Å². The van der Waals surface area contributed by atoms with Gasteiger partial charge in [-0.05, 0) is 42.7 Å². The molecule has 2 fully saturated rings. The van der Waals surface area contributed by atoms with Gasteiger partial charge in [-0.3, -0.25) is 4.90 Å². The lowest BCUT2D eigenvalue weighted by Crippen LogP contribution is -2.45. The van der Waals surface area contributed by atoms with Crippen LogP contribution in [0.2, 0.25) is 0 Å². The zero-order chi connectivity index (χ0) is 18.9. The molecule has 6 nitrogen and oxygen atoms in total. The predicted octanol–water partition coefficient (Wildman–Crippen LogP) is 2.35. The first-order valence-electron chi connectivity index (χ1n) is 9.33. The molecule has 2 aliphatic heterocycles. The van der Waals surface area contributed by atoms with Crippen LogP contribution in [0.4, 0.5) is 4.39 Å². The molecule has 0 spiro atoms. The van der Waals surface area contributed by atoms with Crippen molar-refractivity contribution in [3.8, 4) is 0 Å². The van der Waals surface area contributed by atoms with Crippen LogP contribution in [0.25, 0.3) is 0 Å². The number of nitrogens with one attached hydrogen (secondary N) is 1. The Bertz CT molecular complexity index is 893. The van der Waals surface area contributed by atoms with Crippen molar-refractivity contribution in [2.75, 3.05) is 32.7 Å². The highest BCUT2D eigenvalue weighted by molar-refractivity contribution is 7.89. The monoisotopic (exact) mass is 393 g/mol. The number of benzene rings is 1. The molecule has 0 saturated carbocycles. The number of rotatable bonds is 5. The number of halogens is 1. The second-order valence-corrected chi connectivity index (χ2v) is 8.95. The summed E-state index contributed by atoms with van der Waals surface area (Å²) in [4.78, 5) is 2.19. The van der Waals surface area contributed by atoms with E-state index in [0.29, 0.717) is 31.9 Å². The van der Waals surface area contributed by atoms with E-state index in [9.17, 15) is 12.8 Å². The van der Waals surface area contributed by atoms with Crippen LogP contribution in [0, 0.1) is 5.82 Å². The van der Waals surface area contributed by atoms with Gasteiger partial charge in [-0.25, -0.2) is 12.8 Å². The van der Waals surface area contributed by atoms with Gasteiger partial charge in [0.2, 0.25) is 5.09 Å². The van der Waals surface area contributed by atoms with Gasteiger partial charge < -0.3 is 9.73 Å². The SMILES string of the molecule is O=S(=O)(c1ccc(CN2CCNCC2c2cccc(F)c2)o1)N1CCCC1. The van der Waals surface area contributed by atoms with E-state index in [1.165, 1.54) is 10.4 Å². The van der Waals surface area contributed by atoms with Gasteiger partial charge >= 0.3 is 0 Å². The lowest BCUT2D eigenvalue weighted by Gasteiger charge is -2.36. The zero-order valence-electron chi connectivity index (χ0n) is 15.1. The number of piperazine rings is 1. The van der Waals surface area contributed by atoms with Crippen LogP contribution in [0.5, 0.6) is 0 Å². The predicted molar refractivity (Wildman–Crippen MR) is 99.1 cm³/mol. The van der Waals surface area contributed by atoms with Crippen LogP contribution in [-0.2, 0) is 16.6 Å². The summed E-state index contributed by atoms with van der Waals surface area (Å²) >= 11 is 0. The maximum absolute atomic E-state index is 13.6. The first-order valence-corrected chi connectivity index (χ1v) is 10.8. The zero-order valence-corrected chi connectivity index (χ0v) is 15.9. The van der Waals surface area contributed by atoms with Crippen LogP contribution in [-0.4, -0.2) is 50.3 Å². The molecule has 1 unspecified atom stereocenters. The third-order valence-electron chi connectivity index (χ3n) is 5.24. The first kappa shape index (κ1) is 18.6. The average Bonchev–Trinajstić information content (AvgIpc) is 3.35. The fraction of sp³-hybridized carbons (Fsp3) is 0.474. The third-order valence-corrected chi connectivity index (χ3v) is 7.02. The van der Waals surface area contributed by atoms with Gasteiger partial charge in [-0.2, -0.15) is 4.31 Å². The van der Waals surface area contributed by atoms with Gasteiger partial charge in [-0.15, -0.1) is 0 Å². The van der Waals surface area contributed by atoms with Gasteiger partial charge in [-0.1, -0.05) is 12.1 Å². The van der Waals surface area contributed by atoms with E-state index < -0.39 is 10.0 Å². The Kier molecular flexibility index (Phi) is 5.32. The minimum Gasteiger partial charge on any atom is -0.447 e. The Balaban J connectivity index is 1.52. The Morgan fingerprint density at radius 2 is 1.96 bits per heavy atom. The number of hydrogen-bond donors (Lipinski definition) is 1. The highest BCUT2D eigenvalue weighted by Gasteiger charge is 2.31. The normalized spacial score (nSPS) is 22.3. The van der Waals surface area contributed by atoms with E-state index in [1.807, 2.05) is 6.07 Å². The van der Waals surface area contributed by atoms with Gasteiger partial charge in [0.1, 0.15) is 11.6 Å². The van der Waals surface area contributed by atoms with Crippen molar-refractivity contribution in [2.24, 2.45) is 0 Å². The number of sulfonamides is 1. The Labute approximate surface area is 159 Å². The molecule has 1 aromatic heterocycles. The first-order chi connectivity index (χ1) is 13.0. The molecule has 0 radical (unpaired) electrons. The minimum absolute atomic E-state index is 0.0110. The number of furan rings is 1. The van der Waals surface area contributed by atoms with E-state index >= 15 is 0 Å². The molecular formula is C19H24FN3O3S. The molecule has 4 rings (SSSR count). The van der Waals surface area contributed by atoms with Gasteiger partial charge in [0.05, 0.1) is 6.54 Å². The van der Waals surface area contributed by atoms with Crippen LogP contribution in [0.1, 0.15) is 30.2 Å². The molecule has 1 N–H and O–H groups in total. The molecule has 146 valence electrons. The van der Waals surface area contributed by atoms with E-state index in [0.717, 1.165) is 31.5 Å². The van der Waals surface area contributed by atoms with Crippen molar-refractivity contribution in [3.63, 3.8) is 0 Å². The smallest absolute Gasteiger partial charge is 0.276 e. The molecule has 27 heavy (non-hydrogen) atoms. The molecule has 8 heteroatoms. The number of nitrogens with zero attached hydrogens (tertiary/aromatic N) is 2. The van der Waals surface area contributed by atoms with Crippen LogP contribution in [0.3, 0.4) is 0 Å². The second-order valence-electron chi connectivity index (χ2n) is 7.08. The van der Waals surface area contributed by atoms with Crippen molar-refractivity contribution in [1.29, 1.82) is 0 Å². The Hall–Kier alpha value is -1.74. The van der Waals surface area contributed by atoms with E-state index in [2.05, 4.69) is 10.2 Å². The molecule has 2 aliphatic rings. The van der Waals surface area contributed by atoms with Crippen LogP contribution >= 0.6 is 0 Å². The molecular weight excluding hydrogens is 369 g/mol. The van der Waals surface area contributed by atoms with Crippen LogP contribution in [0.15, 0.2) is 45.9 Å². The third kappa shape index (κ3) is 3.94. The highest BCUT2D eigenvalue weighted by atomic mass is 32.2. The summed E-state index contributed by atoms with van der Waals surface area (Å²) in [6, 6.07) is 9.90. The van der Waals surface area contributed by atoms with Crippen molar-refractivity contribution in [3.05, 3.63) is 53.5 Å². The fourth-order valence-electron chi connectivity index (χ4n) is 3.82. The molecule has 1 atom stereocenters. The van der Waals surface area contributed by atoms with E-state index in [1.54, 1.807) is 24.3 Å². The molecule has 0 amide bonds. The molecule has 0 aliphatic carbocycles. The highest BCUT2D eigenvalue weighted by Crippen LogP contribution is 2.27. The molecule has 3 heterocycles. The maximum Gasteiger partial charge on any atom is 0.276 e. The summed E-state index contributed by atoms with van der Waals surface area (Å²) in [7, 11) is -3.54. The largest absolute Gasteiger partial charge is 0.447 e. The number of hydrogen-bond acceptors (Lipinski definition) is 5. The van der Waals surface area contributed by atoms with Crippen LogP contribution < -0.4 is 5.32 Å². The topological polar surface area (TPSA) is 65.8 Å². The molecule has 2 aromatic rings. The Morgan fingerprint density at radius 1 is 1.15 bits per heavy atom. The van der Waals surface area contributed by atoms with Gasteiger partial charge in [0.25, 0.3) is 10.0 Å². The summed E-state index contributed by atoms with van der Waals surface area (Å²) < 4.78 is 46.1. The fourth-order valence-corrected chi connectivity index (χ4v) is 5.26. The quantitative estimate of drug-likeness (QED) is 0.845. The van der Waals surface area contributed by atoms with Crippen molar-refractivity contribution in [1.82, 2.24) is 14.5 Å². The average molecular weight is 393 g/mol. The Morgan fingerprint density at radius 3 is 2.74 bits per heavy atom. The summed E-state index contributed by atoms with van der Waals surface area (Å²) in [6.45, 7) is 3.90. The maximum atomic E-state index is 13.6. The summed E-state index contributed by atoms with van der Waals surface area (Å²) in [5.74, 6) is 0.353. The lowest BCUT2D eigenvalue weighted by molar-refractivity contribution is 0.140.